The number of amides is 2. The number of hydrogen-bond donors (Lipinski definition) is 2. The van der Waals surface area contributed by atoms with Gasteiger partial charge in [0.2, 0.25) is 11.8 Å². The third kappa shape index (κ3) is 7.27. The first kappa shape index (κ1) is 25.2. The highest BCUT2D eigenvalue weighted by atomic mass is 127. The molecule has 3 aliphatic rings. The maximum absolute atomic E-state index is 12.7. The van der Waals surface area contributed by atoms with Crippen molar-refractivity contribution >= 4 is 41.8 Å². The van der Waals surface area contributed by atoms with E-state index in [1.54, 1.807) is 7.05 Å². The van der Waals surface area contributed by atoms with E-state index in [1.165, 1.54) is 25.7 Å². The molecule has 7 nitrogen and oxygen atoms in total. The van der Waals surface area contributed by atoms with Crippen molar-refractivity contribution in [2.24, 2.45) is 16.8 Å². The van der Waals surface area contributed by atoms with Gasteiger partial charge in [-0.1, -0.05) is 26.2 Å². The van der Waals surface area contributed by atoms with E-state index in [0.29, 0.717) is 24.8 Å². The number of nitrogens with one attached hydrogen (secondary N) is 2. The Balaban J connectivity index is 0.00000320. The van der Waals surface area contributed by atoms with E-state index >= 15 is 0 Å². The van der Waals surface area contributed by atoms with Crippen LogP contribution in [0.15, 0.2) is 4.99 Å². The van der Waals surface area contributed by atoms with Crippen LogP contribution in [-0.2, 0) is 9.59 Å². The van der Waals surface area contributed by atoms with Gasteiger partial charge in [-0.05, 0) is 38.0 Å². The van der Waals surface area contributed by atoms with Gasteiger partial charge < -0.3 is 20.4 Å². The number of hydrogen-bond acceptors (Lipinski definition) is 3. The van der Waals surface area contributed by atoms with Gasteiger partial charge in [0.25, 0.3) is 0 Å². The summed E-state index contributed by atoms with van der Waals surface area (Å²) >= 11 is 0. The second-order valence-corrected chi connectivity index (χ2v) is 9.09. The van der Waals surface area contributed by atoms with Gasteiger partial charge in [-0.2, -0.15) is 0 Å². The molecule has 2 N–H and O–H groups in total. The lowest BCUT2D eigenvalue weighted by atomic mass is 9.88. The van der Waals surface area contributed by atoms with E-state index in [0.717, 1.165) is 57.8 Å². The van der Waals surface area contributed by atoms with Crippen molar-refractivity contribution in [3.8, 4) is 0 Å². The number of carbonyl (C=O) groups is 2. The number of piperidine rings is 1. The van der Waals surface area contributed by atoms with E-state index in [9.17, 15) is 9.59 Å². The Morgan fingerprint density at radius 3 is 2.43 bits per heavy atom. The number of guanidine groups is 1. The molecule has 2 unspecified atom stereocenters. The Morgan fingerprint density at radius 2 is 1.73 bits per heavy atom. The molecule has 2 aliphatic heterocycles. The minimum absolute atomic E-state index is 0. The lowest BCUT2D eigenvalue weighted by molar-refractivity contribution is -0.135. The molecule has 30 heavy (non-hydrogen) atoms. The highest BCUT2D eigenvalue weighted by Gasteiger charge is 2.31. The van der Waals surface area contributed by atoms with Crippen molar-refractivity contribution < 1.29 is 9.59 Å². The second-order valence-electron chi connectivity index (χ2n) is 9.09. The van der Waals surface area contributed by atoms with Gasteiger partial charge in [0.1, 0.15) is 0 Å². The summed E-state index contributed by atoms with van der Waals surface area (Å²) in [6.45, 7) is 6.16. The summed E-state index contributed by atoms with van der Waals surface area (Å²) < 4.78 is 0. The van der Waals surface area contributed by atoms with Gasteiger partial charge in [0.15, 0.2) is 5.96 Å². The summed E-state index contributed by atoms with van der Waals surface area (Å²) in [5.74, 6) is 2.14. The fraction of sp³-hybridized carbons (Fsp3) is 0.864. The van der Waals surface area contributed by atoms with E-state index in [-0.39, 0.29) is 41.8 Å². The van der Waals surface area contributed by atoms with Crippen LogP contribution >= 0.6 is 24.0 Å². The van der Waals surface area contributed by atoms with Crippen LogP contribution in [0.5, 0.6) is 0 Å². The first-order chi connectivity index (χ1) is 14.1. The van der Waals surface area contributed by atoms with Crippen molar-refractivity contribution in [2.75, 3.05) is 39.8 Å². The topological polar surface area (TPSA) is 77.0 Å². The summed E-state index contributed by atoms with van der Waals surface area (Å²) in [5.41, 5.74) is 0. The first-order valence-electron chi connectivity index (χ1n) is 11.6. The van der Waals surface area contributed by atoms with Crippen LogP contribution in [-0.4, -0.2) is 73.4 Å². The smallest absolute Gasteiger partial charge is 0.225 e. The number of carbonyl (C=O) groups excluding carboxylic acids is 2. The molecule has 2 amide bonds. The molecule has 0 aromatic carbocycles. The Kier molecular flexibility index (Phi) is 10.7. The summed E-state index contributed by atoms with van der Waals surface area (Å²) in [5, 5.41) is 6.71. The summed E-state index contributed by atoms with van der Waals surface area (Å²) in [7, 11) is 1.75. The van der Waals surface area contributed by atoms with Crippen LogP contribution in [0.25, 0.3) is 0 Å². The minimum Gasteiger partial charge on any atom is -0.356 e. The number of likely N-dealkylation sites (tertiary alicyclic amines) is 2. The second kappa shape index (κ2) is 12.7. The fourth-order valence-corrected chi connectivity index (χ4v) is 4.94. The molecule has 172 valence electrons. The predicted octanol–water partition coefficient (Wildman–Crippen LogP) is 2.60. The van der Waals surface area contributed by atoms with Gasteiger partial charge in [-0.25, -0.2) is 0 Å². The molecule has 2 atom stereocenters. The molecule has 0 aromatic heterocycles. The lowest BCUT2D eigenvalue weighted by Gasteiger charge is -2.31. The summed E-state index contributed by atoms with van der Waals surface area (Å²) in [6.07, 6.45) is 9.54. The Bertz CT molecular complexity index is 594. The molecule has 2 saturated heterocycles. The molecular formula is C22H40IN5O2. The molecule has 0 spiro atoms. The molecule has 0 bridgehead atoms. The number of nitrogens with zero attached hydrogens (tertiary/aromatic N) is 3. The highest BCUT2D eigenvalue weighted by molar-refractivity contribution is 14.0. The Morgan fingerprint density at radius 1 is 0.967 bits per heavy atom. The van der Waals surface area contributed by atoms with E-state index in [4.69, 9.17) is 0 Å². The third-order valence-electron chi connectivity index (χ3n) is 6.66. The third-order valence-corrected chi connectivity index (χ3v) is 6.66. The molecule has 1 saturated carbocycles. The van der Waals surface area contributed by atoms with E-state index in [1.807, 2.05) is 9.80 Å². The quantitative estimate of drug-likeness (QED) is 0.324. The van der Waals surface area contributed by atoms with Gasteiger partial charge in [-0.3, -0.25) is 14.6 Å². The zero-order valence-electron chi connectivity index (χ0n) is 18.7. The Hall–Kier alpha value is -1.06. The zero-order chi connectivity index (χ0) is 20.6. The van der Waals surface area contributed by atoms with Gasteiger partial charge in [0, 0.05) is 58.2 Å². The van der Waals surface area contributed by atoms with Crippen LogP contribution in [0.1, 0.15) is 64.7 Å². The standard InChI is InChI=1S/C22H39N5O2.HI/c1-17-7-6-13-26(15-17)20(28)10-12-24-22(23-2)25-19-11-14-27(16-19)21(29)18-8-4-3-5-9-18;/h17-19H,3-16H2,1-2H3,(H2,23,24,25);1H. The summed E-state index contributed by atoms with van der Waals surface area (Å²) in [4.78, 5) is 33.5. The Labute approximate surface area is 198 Å². The van der Waals surface area contributed by atoms with Crippen molar-refractivity contribution in [3.05, 3.63) is 0 Å². The summed E-state index contributed by atoms with van der Waals surface area (Å²) in [6, 6.07) is 0.229. The number of rotatable bonds is 5. The van der Waals surface area contributed by atoms with E-state index < -0.39 is 0 Å². The van der Waals surface area contributed by atoms with Crippen LogP contribution in [0.4, 0.5) is 0 Å². The monoisotopic (exact) mass is 533 g/mol. The average Bonchev–Trinajstić information content (AvgIpc) is 3.21. The first-order valence-corrected chi connectivity index (χ1v) is 11.6. The SMILES string of the molecule is CN=C(NCCC(=O)N1CCCC(C)C1)NC1CCN(C(=O)C2CCCCC2)C1.I. The van der Waals surface area contributed by atoms with Gasteiger partial charge in [0.05, 0.1) is 0 Å². The molecule has 2 heterocycles. The van der Waals surface area contributed by atoms with Crippen molar-refractivity contribution in [1.29, 1.82) is 0 Å². The fourth-order valence-electron chi connectivity index (χ4n) is 4.94. The molecule has 1 aliphatic carbocycles. The molecule has 3 rings (SSSR count). The normalized spacial score (nSPS) is 25.6. The maximum atomic E-state index is 12.7. The number of aliphatic imine (C=N–C) groups is 1. The maximum Gasteiger partial charge on any atom is 0.225 e. The van der Waals surface area contributed by atoms with Gasteiger partial charge >= 0.3 is 0 Å². The van der Waals surface area contributed by atoms with E-state index in [2.05, 4.69) is 22.5 Å². The molecule has 0 aromatic rings. The molecule has 8 heteroatoms. The lowest BCUT2D eigenvalue weighted by Crippen LogP contribution is -2.46. The zero-order valence-corrected chi connectivity index (χ0v) is 21.0. The average molecular weight is 533 g/mol. The minimum atomic E-state index is 0. The highest BCUT2D eigenvalue weighted by Crippen LogP contribution is 2.26. The van der Waals surface area contributed by atoms with Crippen molar-refractivity contribution in [1.82, 2.24) is 20.4 Å². The predicted molar refractivity (Wildman–Crippen MR) is 131 cm³/mol. The van der Waals surface area contributed by atoms with Crippen LogP contribution in [0.2, 0.25) is 0 Å². The van der Waals surface area contributed by atoms with Crippen LogP contribution in [0.3, 0.4) is 0 Å². The largest absolute Gasteiger partial charge is 0.356 e. The number of halogens is 1. The molecular weight excluding hydrogens is 493 g/mol. The molecule has 3 fully saturated rings. The van der Waals surface area contributed by atoms with Crippen molar-refractivity contribution in [2.45, 2.75) is 70.8 Å². The molecule has 0 radical (unpaired) electrons. The van der Waals surface area contributed by atoms with Crippen molar-refractivity contribution in [3.63, 3.8) is 0 Å². The van der Waals surface area contributed by atoms with Gasteiger partial charge in [-0.15, -0.1) is 24.0 Å². The van der Waals surface area contributed by atoms with Crippen LogP contribution in [0, 0.1) is 11.8 Å². The van der Waals surface area contributed by atoms with Crippen LogP contribution < -0.4 is 10.6 Å².